The van der Waals surface area contributed by atoms with Gasteiger partial charge in [-0.15, -0.1) is 0 Å². The number of benzene rings is 3. The van der Waals surface area contributed by atoms with Crippen LogP contribution in [0, 0.1) is 20.8 Å². The van der Waals surface area contributed by atoms with Crippen molar-refractivity contribution in [1.29, 1.82) is 0 Å². The number of hydrogen-bond donors (Lipinski definition) is 0. The second kappa shape index (κ2) is 9.03. The van der Waals surface area contributed by atoms with E-state index in [1.807, 2.05) is 0 Å². The lowest BCUT2D eigenvalue weighted by Gasteiger charge is -2.19. The SMILES string of the molecule is Cc1cc(-c2nc(-c3ccc(C(C)(C)C)cc3)nc(-c3ccc(C(C)(C)C)cc3)n2)cc(C)c1C. The van der Waals surface area contributed by atoms with Crippen LogP contribution in [0.25, 0.3) is 34.2 Å². The van der Waals surface area contributed by atoms with E-state index in [0.717, 1.165) is 16.7 Å². The highest BCUT2D eigenvalue weighted by molar-refractivity contribution is 5.68. The van der Waals surface area contributed by atoms with Gasteiger partial charge < -0.3 is 0 Å². The Morgan fingerprint density at radius 1 is 0.457 bits per heavy atom. The highest BCUT2D eigenvalue weighted by Crippen LogP contribution is 2.30. The van der Waals surface area contributed by atoms with Crippen LogP contribution in [-0.2, 0) is 10.8 Å². The van der Waals surface area contributed by atoms with Crippen LogP contribution >= 0.6 is 0 Å². The van der Waals surface area contributed by atoms with Gasteiger partial charge in [0.2, 0.25) is 0 Å². The molecule has 3 aromatic carbocycles. The Hall–Kier alpha value is -3.33. The molecule has 3 nitrogen and oxygen atoms in total. The first-order valence-corrected chi connectivity index (χ1v) is 12.4. The van der Waals surface area contributed by atoms with Crippen LogP contribution < -0.4 is 0 Å². The number of aromatic nitrogens is 3. The predicted octanol–water partition coefficient (Wildman–Crippen LogP) is 8.39. The molecule has 0 amide bonds. The van der Waals surface area contributed by atoms with Crippen molar-refractivity contribution in [3.05, 3.63) is 88.5 Å². The summed E-state index contributed by atoms with van der Waals surface area (Å²) in [6, 6.07) is 21.6. The van der Waals surface area contributed by atoms with Gasteiger partial charge in [-0.25, -0.2) is 15.0 Å². The molecule has 180 valence electrons. The fraction of sp³-hybridized carbons (Fsp3) is 0.344. The number of nitrogens with zero attached hydrogens (tertiary/aromatic N) is 3. The van der Waals surface area contributed by atoms with Crippen LogP contribution in [-0.4, -0.2) is 15.0 Å². The zero-order valence-electron chi connectivity index (χ0n) is 22.6. The van der Waals surface area contributed by atoms with Gasteiger partial charge in [0.1, 0.15) is 0 Å². The molecule has 0 atom stereocenters. The van der Waals surface area contributed by atoms with E-state index < -0.39 is 0 Å². The quantitative estimate of drug-likeness (QED) is 0.306. The summed E-state index contributed by atoms with van der Waals surface area (Å²) in [5.41, 5.74) is 9.58. The highest BCUT2D eigenvalue weighted by atomic mass is 15.0. The summed E-state index contributed by atoms with van der Waals surface area (Å²) in [5.74, 6) is 2.10. The molecule has 0 fully saturated rings. The van der Waals surface area contributed by atoms with Crippen molar-refractivity contribution in [2.24, 2.45) is 0 Å². The van der Waals surface area contributed by atoms with Crippen LogP contribution in [0.2, 0.25) is 0 Å². The van der Waals surface area contributed by atoms with Crippen molar-refractivity contribution >= 4 is 0 Å². The molecule has 0 aliphatic rings. The average Bonchev–Trinajstić information content (AvgIpc) is 2.81. The summed E-state index contributed by atoms with van der Waals surface area (Å²) in [6.45, 7) is 19.8. The second-order valence-corrected chi connectivity index (χ2v) is 11.7. The zero-order valence-corrected chi connectivity index (χ0v) is 22.6. The Bertz CT molecular complexity index is 1250. The van der Waals surface area contributed by atoms with Gasteiger partial charge >= 0.3 is 0 Å². The van der Waals surface area contributed by atoms with Crippen molar-refractivity contribution in [3.63, 3.8) is 0 Å². The number of aryl methyl sites for hydroxylation is 2. The van der Waals surface area contributed by atoms with E-state index in [9.17, 15) is 0 Å². The number of rotatable bonds is 3. The van der Waals surface area contributed by atoms with Gasteiger partial charge in [-0.05, 0) is 71.6 Å². The van der Waals surface area contributed by atoms with Crippen LogP contribution in [0.5, 0.6) is 0 Å². The maximum Gasteiger partial charge on any atom is 0.164 e. The first kappa shape index (κ1) is 24.8. The molecular formula is C32H37N3. The van der Waals surface area contributed by atoms with Gasteiger partial charge in [-0.1, -0.05) is 90.1 Å². The third-order valence-corrected chi connectivity index (χ3v) is 6.84. The van der Waals surface area contributed by atoms with Crippen LogP contribution in [0.1, 0.15) is 69.4 Å². The largest absolute Gasteiger partial charge is 0.208 e. The van der Waals surface area contributed by atoms with E-state index in [0.29, 0.717) is 17.5 Å². The summed E-state index contributed by atoms with van der Waals surface area (Å²) in [5, 5.41) is 0. The maximum atomic E-state index is 4.94. The highest BCUT2D eigenvalue weighted by Gasteiger charge is 2.17. The third-order valence-electron chi connectivity index (χ3n) is 6.84. The lowest BCUT2D eigenvalue weighted by atomic mass is 9.86. The topological polar surface area (TPSA) is 38.7 Å². The molecule has 0 saturated carbocycles. The Morgan fingerprint density at radius 2 is 0.771 bits per heavy atom. The van der Waals surface area contributed by atoms with E-state index >= 15 is 0 Å². The van der Waals surface area contributed by atoms with E-state index in [2.05, 4.69) is 123 Å². The summed E-state index contributed by atoms with van der Waals surface area (Å²) in [7, 11) is 0. The van der Waals surface area contributed by atoms with Crippen LogP contribution in [0.15, 0.2) is 60.7 Å². The van der Waals surface area contributed by atoms with Crippen LogP contribution in [0.4, 0.5) is 0 Å². The normalized spacial score (nSPS) is 12.1. The summed E-state index contributed by atoms with van der Waals surface area (Å²) < 4.78 is 0. The summed E-state index contributed by atoms with van der Waals surface area (Å²) in [4.78, 5) is 14.8. The first-order valence-electron chi connectivity index (χ1n) is 12.4. The van der Waals surface area contributed by atoms with Crippen molar-refractivity contribution < 1.29 is 0 Å². The lowest BCUT2D eigenvalue weighted by Crippen LogP contribution is -2.11. The molecule has 35 heavy (non-hydrogen) atoms. The van der Waals surface area contributed by atoms with E-state index in [1.165, 1.54) is 27.8 Å². The van der Waals surface area contributed by atoms with Gasteiger partial charge in [0.25, 0.3) is 0 Å². The second-order valence-electron chi connectivity index (χ2n) is 11.7. The lowest BCUT2D eigenvalue weighted by molar-refractivity contribution is 0.590. The minimum Gasteiger partial charge on any atom is -0.208 e. The fourth-order valence-electron chi connectivity index (χ4n) is 4.17. The molecule has 0 spiro atoms. The standard InChI is InChI=1S/C32H37N3/c1-20-18-25(19-21(2)22(20)3)30-34-28(23-10-14-26(15-11-23)31(4,5)6)33-29(35-30)24-12-16-27(17-13-24)32(7,8)9/h10-19H,1-9H3. The Balaban J connectivity index is 1.87. The molecule has 0 N–H and O–H groups in total. The molecule has 0 bridgehead atoms. The Morgan fingerprint density at radius 3 is 1.09 bits per heavy atom. The van der Waals surface area contributed by atoms with E-state index in [1.54, 1.807) is 0 Å². The van der Waals surface area contributed by atoms with E-state index in [4.69, 9.17) is 15.0 Å². The molecule has 0 radical (unpaired) electrons. The Kier molecular flexibility index (Phi) is 6.40. The van der Waals surface area contributed by atoms with Crippen molar-refractivity contribution in [1.82, 2.24) is 15.0 Å². The molecule has 1 heterocycles. The molecule has 3 heteroatoms. The van der Waals surface area contributed by atoms with Crippen molar-refractivity contribution in [2.45, 2.75) is 73.1 Å². The summed E-state index contributed by atoms with van der Waals surface area (Å²) in [6.07, 6.45) is 0. The molecular weight excluding hydrogens is 426 g/mol. The average molecular weight is 464 g/mol. The summed E-state index contributed by atoms with van der Waals surface area (Å²) >= 11 is 0. The van der Waals surface area contributed by atoms with Gasteiger partial charge in [-0.2, -0.15) is 0 Å². The van der Waals surface area contributed by atoms with Crippen molar-refractivity contribution in [3.8, 4) is 34.2 Å². The first-order chi connectivity index (χ1) is 16.3. The minimum atomic E-state index is 0.0969. The third kappa shape index (κ3) is 5.35. The molecule has 1 aromatic heterocycles. The monoisotopic (exact) mass is 463 g/mol. The van der Waals surface area contributed by atoms with E-state index in [-0.39, 0.29) is 10.8 Å². The maximum absolute atomic E-state index is 4.94. The molecule has 0 aliphatic carbocycles. The molecule has 0 unspecified atom stereocenters. The minimum absolute atomic E-state index is 0.0969. The Labute approximate surface area is 210 Å². The van der Waals surface area contributed by atoms with Gasteiger partial charge in [0.05, 0.1) is 0 Å². The molecule has 4 rings (SSSR count). The fourth-order valence-corrected chi connectivity index (χ4v) is 4.17. The number of hydrogen-bond acceptors (Lipinski definition) is 3. The van der Waals surface area contributed by atoms with Gasteiger partial charge in [0.15, 0.2) is 17.5 Å². The molecule has 0 saturated heterocycles. The van der Waals surface area contributed by atoms with Crippen LogP contribution in [0.3, 0.4) is 0 Å². The van der Waals surface area contributed by atoms with Gasteiger partial charge in [0, 0.05) is 16.7 Å². The predicted molar refractivity (Wildman–Crippen MR) is 148 cm³/mol. The zero-order chi connectivity index (χ0) is 25.5. The van der Waals surface area contributed by atoms with Gasteiger partial charge in [-0.3, -0.25) is 0 Å². The smallest absolute Gasteiger partial charge is 0.164 e. The molecule has 4 aromatic rings. The van der Waals surface area contributed by atoms with Crippen molar-refractivity contribution in [2.75, 3.05) is 0 Å². The molecule has 0 aliphatic heterocycles.